The zero-order valence-electron chi connectivity index (χ0n) is 14.0. The second-order valence-electron chi connectivity index (χ2n) is 6.14. The largest absolute Gasteiger partial charge is 0.480 e. The van der Waals surface area contributed by atoms with Crippen LogP contribution in [0.15, 0.2) is 18.2 Å². The van der Waals surface area contributed by atoms with E-state index in [-0.39, 0.29) is 5.92 Å². The molecule has 1 heterocycles. The maximum Gasteiger partial charge on any atom is 0.326 e. The number of anilines is 1. The third kappa shape index (κ3) is 4.25. The molecule has 6 nitrogen and oxygen atoms in total. The third-order valence-electron chi connectivity index (χ3n) is 4.50. The lowest BCUT2D eigenvalue weighted by Crippen LogP contribution is -2.48. The Bertz CT molecular complexity index is 695. The van der Waals surface area contributed by atoms with Crippen molar-refractivity contribution in [3.63, 3.8) is 0 Å². The monoisotopic (exact) mass is 386 g/mol. The zero-order chi connectivity index (χ0) is 18.7. The predicted molar refractivity (Wildman–Crippen MR) is 95.9 cm³/mol. The van der Waals surface area contributed by atoms with Gasteiger partial charge in [0, 0.05) is 11.6 Å². The molecule has 3 unspecified atom stereocenters. The molecule has 1 saturated heterocycles. The smallest absolute Gasteiger partial charge is 0.326 e. The molecule has 1 aliphatic rings. The first kappa shape index (κ1) is 19.5. The Hall–Kier alpha value is -1.79. The van der Waals surface area contributed by atoms with Crippen LogP contribution in [0.2, 0.25) is 10.0 Å². The van der Waals surface area contributed by atoms with Crippen molar-refractivity contribution in [2.45, 2.75) is 32.7 Å². The molecule has 3 atom stereocenters. The van der Waals surface area contributed by atoms with Crippen LogP contribution in [-0.2, 0) is 14.4 Å². The van der Waals surface area contributed by atoms with Crippen molar-refractivity contribution in [2.75, 3.05) is 11.4 Å². The molecular weight excluding hydrogens is 367 g/mol. The van der Waals surface area contributed by atoms with Gasteiger partial charge in [0.05, 0.1) is 10.7 Å². The second kappa shape index (κ2) is 8.06. The van der Waals surface area contributed by atoms with E-state index in [1.807, 2.05) is 6.92 Å². The molecule has 1 aromatic rings. The maximum atomic E-state index is 12.6. The number of carbonyl (C=O) groups excluding carboxylic acids is 2. The van der Waals surface area contributed by atoms with Crippen molar-refractivity contribution < 1.29 is 19.5 Å². The van der Waals surface area contributed by atoms with E-state index < -0.39 is 29.7 Å². The highest BCUT2D eigenvalue weighted by atomic mass is 35.5. The molecule has 8 heteroatoms. The van der Waals surface area contributed by atoms with E-state index in [0.717, 1.165) is 0 Å². The molecule has 0 radical (unpaired) electrons. The van der Waals surface area contributed by atoms with Crippen LogP contribution in [0.1, 0.15) is 26.7 Å². The quantitative estimate of drug-likeness (QED) is 0.735. The first-order chi connectivity index (χ1) is 11.8. The molecule has 0 aromatic heterocycles. The molecule has 2 rings (SSSR count). The van der Waals surface area contributed by atoms with Gasteiger partial charge in [0.2, 0.25) is 11.8 Å². The van der Waals surface area contributed by atoms with Crippen molar-refractivity contribution in [3.8, 4) is 0 Å². The summed E-state index contributed by atoms with van der Waals surface area (Å²) in [6.07, 6.45) is 0.889. The van der Waals surface area contributed by atoms with Crippen molar-refractivity contribution in [1.82, 2.24) is 5.32 Å². The number of hydrogen-bond donors (Lipinski definition) is 2. The summed E-state index contributed by atoms with van der Waals surface area (Å²) in [6, 6.07) is 3.75. The van der Waals surface area contributed by atoms with Crippen LogP contribution in [0.25, 0.3) is 0 Å². The van der Waals surface area contributed by atoms with Crippen molar-refractivity contribution in [2.24, 2.45) is 11.8 Å². The van der Waals surface area contributed by atoms with Gasteiger partial charge in [-0.25, -0.2) is 4.79 Å². The van der Waals surface area contributed by atoms with Crippen LogP contribution < -0.4 is 10.2 Å². The summed E-state index contributed by atoms with van der Waals surface area (Å²) in [4.78, 5) is 37.8. The molecule has 1 fully saturated rings. The van der Waals surface area contributed by atoms with Crippen molar-refractivity contribution in [3.05, 3.63) is 28.2 Å². The predicted octanol–water partition coefficient (Wildman–Crippen LogP) is 2.96. The van der Waals surface area contributed by atoms with E-state index in [1.165, 1.54) is 4.90 Å². The maximum absolute atomic E-state index is 12.6. The highest BCUT2D eigenvalue weighted by Crippen LogP contribution is 2.33. The van der Waals surface area contributed by atoms with Gasteiger partial charge in [0.1, 0.15) is 12.0 Å². The van der Waals surface area contributed by atoms with Gasteiger partial charge in [-0.2, -0.15) is 0 Å². The van der Waals surface area contributed by atoms with Gasteiger partial charge < -0.3 is 15.3 Å². The molecule has 0 aliphatic carbocycles. The van der Waals surface area contributed by atoms with Gasteiger partial charge in [-0.1, -0.05) is 43.5 Å². The van der Waals surface area contributed by atoms with Crippen LogP contribution in [0, 0.1) is 11.8 Å². The minimum absolute atomic E-state index is 0.239. The van der Waals surface area contributed by atoms with Gasteiger partial charge >= 0.3 is 5.97 Å². The average Bonchev–Trinajstić information content (AvgIpc) is 2.95. The molecule has 25 heavy (non-hydrogen) atoms. The first-order valence-corrected chi connectivity index (χ1v) is 8.81. The normalized spacial score (nSPS) is 19.6. The fourth-order valence-electron chi connectivity index (χ4n) is 2.79. The van der Waals surface area contributed by atoms with E-state index >= 15 is 0 Å². The number of carbonyl (C=O) groups is 3. The summed E-state index contributed by atoms with van der Waals surface area (Å²) in [7, 11) is 0. The molecular formula is C17H20Cl2N2O4. The highest BCUT2D eigenvalue weighted by molar-refractivity contribution is 6.36. The number of halogens is 2. The minimum atomic E-state index is -1.11. The average molecular weight is 387 g/mol. The Morgan fingerprint density at radius 2 is 2.08 bits per heavy atom. The molecule has 0 saturated carbocycles. The Balaban J connectivity index is 2.14. The van der Waals surface area contributed by atoms with Gasteiger partial charge in [0.25, 0.3) is 0 Å². The Morgan fingerprint density at radius 1 is 1.40 bits per heavy atom. The van der Waals surface area contributed by atoms with E-state index in [2.05, 4.69) is 5.32 Å². The summed E-state index contributed by atoms with van der Waals surface area (Å²) >= 11 is 12.1. The minimum Gasteiger partial charge on any atom is -0.480 e. The summed E-state index contributed by atoms with van der Waals surface area (Å²) < 4.78 is 0. The molecule has 0 bridgehead atoms. The topological polar surface area (TPSA) is 86.7 Å². The van der Waals surface area contributed by atoms with Crippen LogP contribution in [0.5, 0.6) is 0 Å². The third-order valence-corrected chi connectivity index (χ3v) is 5.05. The molecule has 2 N–H and O–H groups in total. The lowest BCUT2D eigenvalue weighted by molar-refractivity contribution is -0.145. The number of benzene rings is 1. The van der Waals surface area contributed by atoms with Crippen LogP contribution in [-0.4, -0.2) is 35.5 Å². The summed E-state index contributed by atoms with van der Waals surface area (Å²) in [5.74, 6) is -3.26. The SMILES string of the molecule is CCC(C)C(NC(=O)C1CCN(c2cc(Cl)ccc2Cl)C1=O)C(=O)O. The van der Waals surface area contributed by atoms with Gasteiger partial charge in [-0.05, 0) is 30.5 Å². The van der Waals surface area contributed by atoms with E-state index in [4.69, 9.17) is 23.2 Å². The summed E-state index contributed by atoms with van der Waals surface area (Å²) in [6.45, 7) is 3.90. The van der Waals surface area contributed by atoms with Crippen molar-refractivity contribution in [1.29, 1.82) is 0 Å². The zero-order valence-corrected chi connectivity index (χ0v) is 15.5. The van der Waals surface area contributed by atoms with Crippen LogP contribution in [0.3, 0.4) is 0 Å². The van der Waals surface area contributed by atoms with E-state index in [1.54, 1.807) is 25.1 Å². The van der Waals surface area contributed by atoms with Crippen LogP contribution >= 0.6 is 23.2 Å². The van der Waals surface area contributed by atoms with E-state index in [9.17, 15) is 19.5 Å². The number of rotatable bonds is 6. The number of carboxylic acids is 1. The molecule has 136 valence electrons. The fraction of sp³-hybridized carbons (Fsp3) is 0.471. The van der Waals surface area contributed by atoms with E-state index in [0.29, 0.717) is 35.1 Å². The van der Waals surface area contributed by atoms with Gasteiger partial charge in [-0.3, -0.25) is 9.59 Å². The number of carboxylic acid groups (broad SMARTS) is 1. The summed E-state index contributed by atoms with van der Waals surface area (Å²) in [5, 5.41) is 12.6. The van der Waals surface area contributed by atoms with Crippen molar-refractivity contribution >= 4 is 46.7 Å². The standard InChI is InChI=1S/C17H20Cl2N2O4/c1-3-9(2)14(17(24)25)20-15(22)11-6-7-21(16(11)23)13-8-10(18)4-5-12(13)19/h4-5,8-9,11,14H,3,6-7H2,1-2H3,(H,20,22)(H,24,25). The second-order valence-corrected chi connectivity index (χ2v) is 6.98. The lowest BCUT2D eigenvalue weighted by atomic mass is 9.98. The number of amides is 2. The summed E-state index contributed by atoms with van der Waals surface area (Å²) in [5.41, 5.74) is 0.450. The number of hydrogen-bond acceptors (Lipinski definition) is 3. The Morgan fingerprint density at radius 3 is 2.68 bits per heavy atom. The van der Waals surface area contributed by atoms with Gasteiger partial charge in [-0.15, -0.1) is 0 Å². The molecule has 1 aromatic carbocycles. The highest BCUT2D eigenvalue weighted by Gasteiger charge is 2.40. The molecule has 1 aliphatic heterocycles. The van der Waals surface area contributed by atoms with Gasteiger partial charge in [0.15, 0.2) is 0 Å². The first-order valence-electron chi connectivity index (χ1n) is 8.05. The van der Waals surface area contributed by atoms with Crippen LogP contribution in [0.4, 0.5) is 5.69 Å². The Labute approximate surface area is 156 Å². The number of aliphatic carboxylic acids is 1. The number of nitrogens with one attached hydrogen (secondary N) is 1. The molecule has 2 amide bonds. The lowest BCUT2D eigenvalue weighted by Gasteiger charge is -2.22. The Kier molecular flexibility index (Phi) is 6.30. The molecule has 0 spiro atoms. The number of nitrogens with zero attached hydrogens (tertiary/aromatic N) is 1. The fourth-order valence-corrected chi connectivity index (χ4v) is 3.18.